The average molecular weight is 251 g/mol. The van der Waals surface area contributed by atoms with Crippen LogP contribution in [0.25, 0.3) is 0 Å². The van der Waals surface area contributed by atoms with Crippen LogP contribution in [0.1, 0.15) is 6.42 Å². The van der Waals surface area contributed by atoms with Crippen LogP contribution in [0, 0.1) is 0 Å². The molecule has 1 aromatic rings. The molecule has 0 N–H and O–H groups in total. The zero-order chi connectivity index (χ0) is 10.6. The molecule has 0 radical (unpaired) electrons. The summed E-state index contributed by atoms with van der Waals surface area (Å²) in [4.78, 5) is 10.5. The number of hydrogen-bond acceptors (Lipinski definition) is 2. The third-order valence-corrected chi connectivity index (χ3v) is 4.89. The maximum Gasteiger partial charge on any atom is 0.222 e. The summed E-state index contributed by atoms with van der Waals surface area (Å²) < 4.78 is 11.9. The number of carbonyl (C=O) groups excluding carboxylic acids is 1. The highest BCUT2D eigenvalue weighted by Crippen LogP contribution is 2.50. The van der Waals surface area contributed by atoms with Crippen molar-refractivity contribution in [3.05, 3.63) is 30.3 Å². The molecule has 0 aliphatic rings. The summed E-state index contributed by atoms with van der Waals surface area (Å²) in [6.07, 6.45) is 0.151. The number of benzene rings is 1. The van der Waals surface area contributed by atoms with Gasteiger partial charge in [0.2, 0.25) is 5.24 Å². The minimum absolute atomic E-state index is 0.0389. The number of halogens is 2. The lowest BCUT2D eigenvalue weighted by Crippen LogP contribution is -2.04. The Kier molecular flexibility index (Phi) is 4.18. The molecule has 1 atom stereocenters. The molecular weight excluding hydrogens is 242 g/mol. The van der Waals surface area contributed by atoms with Crippen LogP contribution in [-0.2, 0) is 9.36 Å². The molecule has 1 aromatic carbocycles. The Labute approximate surface area is 92.4 Å². The van der Waals surface area contributed by atoms with E-state index in [4.69, 9.17) is 22.8 Å². The van der Waals surface area contributed by atoms with Gasteiger partial charge in [-0.3, -0.25) is 4.79 Å². The minimum atomic E-state index is -2.93. The van der Waals surface area contributed by atoms with Crippen molar-refractivity contribution in [1.29, 1.82) is 0 Å². The molecule has 0 bridgehead atoms. The van der Waals surface area contributed by atoms with Crippen LogP contribution in [-0.4, -0.2) is 11.4 Å². The molecular formula is C9H9Cl2O2P. The zero-order valence-corrected chi connectivity index (χ0v) is 9.73. The first kappa shape index (κ1) is 11.8. The molecule has 5 heteroatoms. The molecule has 2 nitrogen and oxygen atoms in total. The van der Waals surface area contributed by atoms with Gasteiger partial charge in [0.05, 0.1) is 0 Å². The third kappa shape index (κ3) is 3.45. The first-order valence-electron chi connectivity index (χ1n) is 4.05. The van der Waals surface area contributed by atoms with Gasteiger partial charge >= 0.3 is 0 Å². The number of rotatable bonds is 4. The summed E-state index contributed by atoms with van der Waals surface area (Å²) in [5.74, 6) is 0. The van der Waals surface area contributed by atoms with E-state index in [-0.39, 0.29) is 12.6 Å². The van der Waals surface area contributed by atoms with Crippen LogP contribution < -0.4 is 5.30 Å². The average Bonchev–Trinajstić information content (AvgIpc) is 2.16. The van der Waals surface area contributed by atoms with Crippen LogP contribution in [0.4, 0.5) is 0 Å². The van der Waals surface area contributed by atoms with Crippen LogP contribution in [0.5, 0.6) is 0 Å². The lowest BCUT2D eigenvalue weighted by atomic mass is 10.4. The Morgan fingerprint density at radius 3 is 2.36 bits per heavy atom. The second-order valence-electron chi connectivity index (χ2n) is 2.82. The maximum atomic E-state index is 11.9. The zero-order valence-electron chi connectivity index (χ0n) is 7.32. The van der Waals surface area contributed by atoms with E-state index in [1.54, 1.807) is 24.3 Å². The van der Waals surface area contributed by atoms with Gasteiger partial charge in [0.15, 0.2) is 6.49 Å². The quantitative estimate of drug-likeness (QED) is 0.608. The molecule has 0 saturated heterocycles. The van der Waals surface area contributed by atoms with Crippen molar-refractivity contribution in [2.24, 2.45) is 0 Å². The fourth-order valence-electron chi connectivity index (χ4n) is 1.01. The van der Waals surface area contributed by atoms with E-state index in [1.165, 1.54) is 0 Å². The van der Waals surface area contributed by atoms with E-state index < -0.39 is 11.7 Å². The van der Waals surface area contributed by atoms with Gasteiger partial charge in [-0.05, 0) is 22.8 Å². The van der Waals surface area contributed by atoms with Gasteiger partial charge in [0.25, 0.3) is 0 Å². The lowest BCUT2D eigenvalue weighted by molar-refractivity contribution is -0.111. The Bertz CT molecular complexity index is 364. The molecule has 14 heavy (non-hydrogen) atoms. The monoisotopic (exact) mass is 250 g/mol. The van der Waals surface area contributed by atoms with Gasteiger partial charge in [-0.2, -0.15) is 0 Å². The summed E-state index contributed by atoms with van der Waals surface area (Å²) in [6.45, 7) is -2.93. The third-order valence-electron chi connectivity index (χ3n) is 1.74. The van der Waals surface area contributed by atoms with Crippen molar-refractivity contribution in [3.8, 4) is 0 Å². The normalized spacial score (nSPS) is 14.7. The van der Waals surface area contributed by atoms with Gasteiger partial charge in [-0.25, -0.2) is 0 Å². The van der Waals surface area contributed by atoms with E-state index >= 15 is 0 Å². The Balaban J connectivity index is 2.76. The van der Waals surface area contributed by atoms with Crippen LogP contribution in [0.2, 0.25) is 0 Å². The van der Waals surface area contributed by atoms with Crippen molar-refractivity contribution < 1.29 is 9.36 Å². The first-order valence-corrected chi connectivity index (χ1v) is 7.22. The molecule has 76 valence electrons. The molecule has 0 aliphatic heterocycles. The number of hydrogen-bond donors (Lipinski definition) is 0. The van der Waals surface area contributed by atoms with E-state index in [2.05, 4.69) is 0 Å². The topological polar surface area (TPSA) is 34.1 Å². The highest BCUT2D eigenvalue weighted by atomic mass is 35.7. The van der Waals surface area contributed by atoms with Gasteiger partial charge in [0, 0.05) is 17.9 Å². The molecule has 0 aliphatic carbocycles. The molecule has 0 saturated carbocycles. The fourth-order valence-corrected chi connectivity index (χ4v) is 3.20. The largest absolute Gasteiger partial charge is 0.302 e. The summed E-state index contributed by atoms with van der Waals surface area (Å²) >= 11 is 11.0. The summed E-state index contributed by atoms with van der Waals surface area (Å²) in [7, 11) is 0. The predicted molar refractivity (Wildman–Crippen MR) is 59.9 cm³/mol. The van der Waals surface area contributed by atoms with Gasteiger partial charge < -0.3 is 4.57 Å². The van der Waals surface area contributed by atoms with Crippen LogP contribution >= 0.6 is 29.3 Å². The van der Waals surface area contributed by atoms with Crippen molar-refractivity contribution in [1.82, 2.24) is 0 Å². The molecule has 0 heterocycles. The summed E-state index contributed by atoms with van der Waals surface area (Å²) in [5.41, 5.74) is 0. The smallest absolute Gasteiger partial charge is 0.222 e. The van der Waals surface area contributed by atoms with Crippen molar-refractivity contribution in [3.63, 3.8) is 0 Å². The van der Waals surface area contributed by atoms with Gasteiger partial charge in [-0.1, -0.05) is 30.3 Å². The van der Waals surface area contributed by atoms with E-state index in [9.17, 15) is 9.36 Å². The van der Waals surface area contributed by atoms with Gasteiger partial charge in [-0.15, -0.1) is 0 Å². The molecule has 0 amide bonds. The predicted octanol–water partition coefficient (Wildman–Crippen LogP) is 2.98. The highest BCUT2D eigenvalue weighted by molar-refractivity contribution is 7.95. The fraction of sp³-hybridized carbons (Fsp3) is 0.222. The summed E-state index contributed by atoms with van der Waals surface area (Å²) in [5, 5.41) is 0.0568. The Hall–Kier alpha value is -0.300. The second-order valence-corrected chi connectivity index (χ2v) is 7.14. The van der Waals surface area contributed by atoms with E-state index in [0.29, 0.717) is 5.30 Å². The maximum absolute atomic E-state index is 11.9. The second kappa shape index (κ2) is 4.97. The summed E-state index contributed by atoms with van der Waals surface area (Å²) in [6, 6.07) is 8.70. The van der Waals surface area contributed by atoms with E-state index in [0.717, 1.165) is 0 Å². The Morgan fingerprint density at radius 1 is 1.29 bits per heavy atom. The SMILES string of the molecule is O=C(Cl)CCP(=O)(Cl)c1ccccc1. The number of carbonyl (C=O) groups is 1. The molecule has 0 spiro atoms. The lowest BCUT2D eigenvalue weighted by Gasteiger charge is -2.08. The molecule has 0 aromatic heterocycles. The van der Waals surface area contributed by atoms with Crippen LogP contribution in [0.15, 0.2) is 30.3 Å². The molecule has 0 fully saturated rings. The first-order chi connectivity index (χ1) is 6.52. The van der Waals surface area contributed by atoms with Crippen molar-refractivity contribution >= 4 is 39.9 Å². The highest BCUT2D eigenvalue weighted by Gasteiger charge is 2.21. The molecule has 1 unspecified atom stereocenters. The van der Waals surface area contributed by atoms with Gasteiger partial charge in [0.1, 0.15) is 0 Å². The Morgan fingerprint density at radius 2 is 1.86 bits per heavy atom. The van der Waals surface area contributed by atoms with E-state index in [1.807, 2.05) is 6.07 Å². The van der Waals surface area contributed by atoms with Crippen molar-refractivity contribution in [2.75, 3.05) is 6.16 Å². The van der Waals surface area contributed by atoms with Crippen molar-refractivity contribution in [2.45, 2.75) is 6.42 Å². The van der Waals surface area contributed by atoms with Crippen LogP contribution in [0.3, 0.4) is 0 Å². The molecule has 1 rings (SSSR count). The minimum Gasteiger partial charge on any atom is -0.302 e. The standard InChI is InChI=1S/C9H9Cl2O2P/c10-9(12)6-7-14(11,13)8-4-2-1-3-5-8/h1-5H,6-7H2.